The highest BCUT2D eigenvalue weighted by Crippen LogP contribution is 2.31. The standard InChI is InChI=1S/C16H24ClF3N4O2/c1-9(2)11(8-22-14(25)26-15(3,4)5)23-13-21-7-10(6-17)12(24-13)16(18,19)20/h7,9,11H,6,8H2,1-5H3,(H,22,25)(H,21,23,24)/t11-/m0/s1. The van der Waals surface area contributed by atoms with E-state index in [0.717, 1.165) is 6.20 Å². The summed E-state index contributed by atoms with van der Waals surface area (Å²) in [6, 6.07) is -0.398. The molecule has 1 rings (SSSR count). The number of hydrogen-bond acceptors (Lipinski definition) is 5. The van der Waals surface area contributed by atoms with E-state index in [1.807, 2.05) is 13.8 Å². The number of ether oxygens (including phenoxy) is 1. The number of alkyl halides is 4. The van der Waals surface area contributed by atoms with Gasteiger partial charge >= 0.3 is 12.3 Å². The Bertz CT molecular complexity index is 618. The molecular weight excluding hydrogens is 373 g/mol. The van der Waals surface area contributed by atoms with Crippen molar-refractivity contribution >= 4 is 23.6 Å². The van der Waals surface area contributed by atoms with Crippen molar-refractivity contribution in [2.24, 2.45) is 5.92 Å². The Morgan fingerprint density at radius 3 is 2.38 bits per heavy atom. The van der Waals surface area contributed by atoms with Crippen LogP contribution in [-0.2, 0) is 16.8 Å². The van der Waals surface area contributed by atoms with Gasteiger partial charge in [-0.25, -0.2) is 14.8 Å². The Hall–Kier alpha value is -1.77. The van der Waals surface area contributed by atoms with Crippen molar-refractivity contribution in [3.63, 3.8) is 0 Å². The number of alkyl carbamates (subject to hydrolysis) is 1. The SMILES string of the molecule is CC(C)[C@H](CNC(=O)OC(C)(C)C)Nc1ncc(CCl)c(C(F)(F)F)n1. The van der Waals surface area contributed by atoms with Gasteiger partial charge in [0.15, 0.2) is 5.69 Å². The smallest absolute Gasteiger partial charge is 0.433 e. The minimum atomic E-state index is -4.63. The molecule has 1 heterocycles. The van der Waals surface area contributed by atoms with Crippen LogP contribution in [-0.4, -0.2) is 34.2 Å². The van der Waals surface area contributed by atoms with Crippen LogP contribution < -0.4 is 10.6 Å². The van der Waals surface area contributed by atoms with Gasteiger partial charge in [-0.05, 0) is 26.7 Å². The summed E-state index contributed by atoms with van der Waals surface area (Å²) in [5.74, 6) is -0.547. The summed E-state index contributed by atoms with van der Waals surface area (Å²) in [5, 5.41) is 5.41. The monoisotopic (exact) mass is 396 g/mol. The Balaban J connectivity index is 2.86. The molecule has 6 nitrogen and oxygen atoms in total. The summed E-state index contributed by atoms with van der Waals surface area (Å²) in [6.45, 7) is 9.04. The zero-order valence-electron chi connectivity index (χ0n) is 15.4. The molecule has 0 spiro atoms. The first kappa shape index (κ1) is 22.3. The third-order valence-electron chi connectivity index (χ3n) is 3.26. The average molecular weight is 397 g/mol. The van der Waals surface area contributed by atoms with Crippen LogP contribution in [0.5, 0.6) is 0 Å². The minimum Gasteiger partial charge on any atom is -0.444 e. The second kappa shape index (κ2) is 8.75. The summed E-state index contributed by atoms with van der Waals surface area (Å²) in [7, 11) is 0. The maximum absolute atomic E-state index is 13.1. The number of carbonyl (C=O) groups is 1. The highest BCUT2D eigenvalue weighted by Gasteiger charge is 2.36. The van der Waals surface area contributed by atoms with E-state index in [2.05, 4.69) is 20.6 Å². The van der Waals surface area contributed by atoms with E-state index in [0.29, 0.717) is 0 Å². The Kier molecular flexibility index (Phi) is 7.49. The highest BCUT2D eigenvalue weighted by atomic mass is 35.5. The van der Waals surface area contributed by atoms with Gasteiger partial charge in [0.25, 0.3) is 0 Å². The van der Waals surface area contributed by atoms with Crippen LogP contribution in [0.25, 0.3) is 0 Å². The first-order chi connectivity index (χ1) is 11.8. The Morgan fingerprint density at radius 1 is 1.31 bits per heavy atom. The van der Waals surface area contributed by atoms with Crippen LogP contribution in [0, 0.1) is 5.92 Å². The van der Waals surface area contributed by atoms with Gasteiger partial charge in [-0.1, -0.05) is 13.8 Å². The number of hydrogen-bond donors (Lipinski definition) is 2. The molecule has 0 radical (unpaired) electrons. The van der Waals surface area contributed by atoms with Crippen molar-refractivity contribution in [2.75, 3.05) is 11.9 Å². The Morgan fingerprint density at radius 2 is 1.92 bits per heavy atom. The van der Waals surface area contributed by atoms with E-state index in [4.69, 9.17) is 16.3 Å². The molecule has 1 aromatic heterocycles. The number of halogens is 4. The van der Waals surface area contributed by atoms with Gasteiger partial charge in [0.1, 0.15) is 5.60 Å². The fraction of sp³-hybridized carbons (Fsp3) is 0.688. The van der Waals surface area contributed by atoms with Crippen LogP contribution in [0.4, 0.5) is 23.9 Å². The van der Waals surface area contributed by atoms with E-state index >= 15 is 0 Å². The second-order valence-corrected chi connectivity index (χ2v) is 7.34. The van der Waals surface area contributed by atoms with Crippen molar-refractivity contribution in [3.05, 3.63) is 17.5 Å². The molecule has 0 aliphatic rings. The lowest BCUT2D eigenvalue weighted by Crippen LogP contribution is -2.42. The zero-order chi connectivity index (χ0) is 20.1. The number of rotatable bonds is 6. The fourth-order valence-electron chi connectivity index (χ4n) is 1.95. The number of carbonyl (C=O) groups excluding carboxylic acids is 1. The molecule has 0 bridgehead atoms. The summed E-state index contributed by atoms with van der Waals surface area (Å²) in [4.78, 5) is 19.2. The number of amides is 1. The molecule has 0 fully saturated rings. The molecule has 0 aromatic carbocycles. The van der Waals surface area contributed by atoms with Crippen molar-refractivity contribution in [3.8, 4) is 0 Å². The molecule has 1 aromatic rings. The molecule has 0 unspecified atom stereocenters. The van der Waals surface area contributed by atoms with Crippen molar-refractivity contribution in [1.82, 2.24) is 15.3 Å². The van der Waals surface area contributed by atoms with Gasteiger partial charge in [0, 0.05) is 24.3 Å². The van der Waals surface area contributed by atoms with Crippen LogP contribution in [0.15, 0.2) is 6.20 Å². The van der Waals surface area contributed by atoms with E-state index in [9.17, 15) is 18.0 Å². The van der Waals surface area contributed by atoms with Gasteiger partial charge in [-0.2, -0.15) is 13.2 Å². The summed E-state index contributed by atoms with van der Waals surface area (Å²) < 4.78 is 44.4. The van der Waals surface area contributed by atoms with Gasteiger partial charge in [0.05, 0.1) is 5.88 Å². The predicted molar refractivity (Wildman–Crippen MR) is 93.1 cm³/mol. The zero-order valence-corrected chi connectivity index (χ0v) is 16.1. The summed E-state index contributed by atoms with van der Waals surface area (Å²) >= 11 is 5.52. The van der Waals surface area contributed by atoms with Crippen molar-refractivity contribution in [1.29, 1.82) is 0 Å². The molecule has 0 aliphatic carbocycles. The van der Waals surface area contributed by atoms with Gasteiger partial charge in [-0.3, -0.25) is 0 Å². The number of anilines is 1. The van der Waals surface area contributed by atoms with Crippen LogP contribution >= 0.6 is 11.6 Å². The largest absolute Gasteiger partial charge is 0.444 e. The van der Waals surface area contributed by atoms with Crippen molar-refractivity contribution in [2.45, 2.75) is 58.3 Å². The topological polar surface area (TPSA) is 76.1 Å². The molecule has 10 heteroatoms. The lowest BCUT2D eigenvalue weighted by Gasteiger charge is -2.25. The second-order valence-electron chi connectivity index (χ2n) is 7.08. The predicted octanol–water partition coefficient (Wildman–Crippen LogP) is 4.20. The molecule has 148 valence electrons. The average Bonchev–Trinajstić information content (AvgIpc) is 2.48. The van der Waals surface area contributed by atoms with E-state index in [-0.39, 0.29) is 29.9 Å². The number of nitrogens with one attached hydrogen (secondary N) is 2. The maximum Gasteiger partial charge on any atom is 0.433 e. The lowest BCUT2D eigenvalue weighted by atomic mass is 10.0. The van der Waals surface area contributed by atoms with Crippen molar-refractivity contribution < 1.29 is 22.7 Å². The van der Waals surface area contributed by atoms with E-state index in [1.165, 1.54) is 0 Å². The van der Waals surface area contributed by atoms with Crippen LogP contribution in [0.2, 0.25) is 0 Å². The highest BCUT2D eigenvalue weighted by molar-refractivity contribution is 6.17. The molecule has 0 aliphatic heterocycles. The third kappa shape index (κ3) is 7.23. The minimum absolute atomic E-state index is 0.0180. The molecular formula is C16H24ClF3N4O2. The number of aromatic nitrogens is 2. The summed E-state index contributed by atoms with van der Waals surface area (Å²) in [6.07, 6.45) is -4.20. The first-order valence-corrected chi connectivity index (χ1v) is 8.59. The lowest BCUT2D eigenvalue weighted by molar-refractivity contribution is -0.141. The van der Waals surface area contributed by atoms with E-state index < -0.39 is 29.6 Å². The Labute approximate surface area is 155 Å². The quantitative estimate of drug-likeness (QED) is 0.705. The molecule has 1 amide bonds. The maximum atomic E-state index is 13.1. The number of nitrogens with zero attached hydrogens (tertiary/aromatic N) is 2. The van der Waals surface area contributed by atoms with Gasteiger partial charge in [-0.15, -0.1) is 11.6 Å². The molecule has 1 atom stereocenters. The molecule has 0 saturated heterocycles. The fourth-order valence-corrected chi connectivity index (χ4v) is 2.14. The molecule has 2 N–H and O–H groups in total. The van der Waals surface area contributed by atoms with E-state index in [1.54, 1.807) is 20.8 Å². The molecule has 26 heavy (non-hydrogen) atoms. The first-order valence-electron chi connectivity index (χ1n) is 8.06. The van der Waals surface area contributed by atoms with Crippen LogP contribution in [0.3, 0.4) is 0 Å². The van der Waals surface area contributed by atoms with Gasteiger partial charge in [0.2, 0.25) is 5.95 Å². The third-order valence-corrected chi connectivity index (χ3v) is 3.55. The van der Waals surface area contributed by atoms with Gasteiger partial charge < -0.3 is 15.4 Å². The van der Waals surface area contributed by atoms with Crippen LogP contribution in [0.1, 0.15) is 45.9 Å². The molecule has 0 saturated carbocycles. The normalized spacial score (nSPS) is 13.5. The summed E-state index contributed by atoms with van der Waals surface area (Å²) in [5.41, 5.74) is -1.92.